The van der Waals surface area contributed by atoms with Crippen molar-refractivity contribution in [3.05, 3.63) is 0 Å². The minimum Gasteiger partial charge on any atom is -0.549 e. The van der Waals surface area contributed by atoms with Crippen LogP contribution in [-0.4, -0.2) is 11.9 Å². The van der Waals surface area contributed by atoms with Gasteiger partial charge in [0.05, 0.1) is 17.4 Å². The molecule has 0 unspecified atom stereocenters. The molecule has 0 spiro atoms. The monoisotopic (exact) mass is 230 g/mol. The standard InChI is InChI=1S/C10H18O4.Li.Na/c1-5-6-10(7(11)12,8(13)14)9(2,3)4;;/h5-6H2,1-4H3,(H,11,12)(H,13,14);;/q;2*+1/p-2. The Kier molecular flexibility index (Phi) is 10.6. The molecule has 82 valence electrons. The zero-order valence-electron chi connectivity index (χ0n) is 11.0. The molecule has 0 radical (unpaired) electrons. The molecule has 0 amide bonds. The van der Waals surface area contributed by atoms with Crippen molar-refractivity contribution in [2.45, 2.75) is 40.5 Å². The normalized spacial score (nSPS) is 11.0. The van der Waals surface area contributed by atoms with Gasteiger partial charge in [-0.15, -0.1) is 0 Å². The van der Waals surface area contributed by atoms with Gasteiger partial charge in [0.1, 0.15) is 0 Å². The molecule has 0 saturated carbocycles. The van der Waals surface area contributed by atoms with E-state index < -0.39 is 22.8 Å². The Morgan fingerprint density at radius 2 is 1.38 bits per heavy atom. The third-order valence-corrected chi connectivity index (χ3v) is 2.60. The molecular weight excluding hydrogens is 214 g/mol. The second kappa shape index (κ2) is 7.79. The van der Waals surface area contributed by atoms with Crippen LogP contribution in [0.1, 0.15) is 40.5 Å². The van der Waals surface area contributed by atoms with Crippen molar-refractivity contribution in [3.63, 3.8) is 0 Å². The minimum absolute atomic E-state index is 0. The van der Waals surface area contributed by atoms with Crippen LogP contribution >= 0.6 is 0 Å². The Balaban J connectivity index is -0.000000845. The molecule has 4 nitrogen and oxygen atoms in total. The Labute approximate surface area is 131 Å². The summed E-state index contributed by atoms with van der Waals surface area (Å²) in [4.78, 5) is 21.9. The van der Waals surface area contributed by atoms with Crippen LogP contribution in [0, 0.1) is 10.8 Å². The van der Waals surface area contributed by atoms with Gasteiger partial charge in [-0.25, -0.2) is 0 Å². The fraction of sp³-hybridized carbons (Fsp3) is 0.800. The van der Waals surface area contributed by atoms with Crippen LogP contribution in [0.2, 0.25) is 0 Å². The first-order valence-electron chi connectivity index (χ1n) is 4.63. The van der Waals surface area contributed by atoms with Crippen LogP contribution in [-0.2, 0) is 9.59 Å². The second-order valence-corrected chi connectivity index (χ2v) is 4.48. The van der Waals surface area contributed by atoms with Gasteiger partial charge < -0.3 is 19.8 Å². The average Bonchev–Trinajstić information content (AvgIpc) is 1.95. The first kappa shape index (κ1) is 21.8. The maximum Gasteiger partial charge on any atom is 1.00 e. The van der Waals surface area contributed by atoms with E-state index in [0.717, 1.165) is 0 Å². The van der Waals surface area contributed by atoms with Crippen LogP contribution in [0.3, 0.4) is 0 Å². The Bertz CT molecular complexity index is 234. The van der Waals surface area contributed by atoms with Crippen molar-refractivity contribution >= 4 is 11.9 Å². The van der Waals surface area contributed by atoms with Gasteiger partial charge in [0.25, 0.3) is 0 Å². The van der Waals surface area contributed by atoms with Crippen molar-refractivity contribution in [2.24, 2.45) is 10.8 Å². The summed E-state index contributed by atoms with van der Waals surface area (Å²) in [6.45, 7) is 6.42. The Morgan fingerprint density at radius 3 is 1.44 bits per heavy atom. The van der Waals surface area contributed by atoms with E-state index in [2.05, 4.69) is 0 Å². The molecule has 0 fully saturated rings. The van der Waals surface area contributed by atoms with Crippen molar-refractivity contribution in [2.75, 3.05) is 0 Å². The molecule has 0 N–H and O–H groups in total. The van der Waals surface area contributed by atoms with Gasteiger partial charge in [-0.2, -0.15) is 0 Å². The number of hydrogen-bond acceptors (Lipinski definition) is 4. The molecule has 0 aliphatic carbocycles. The average molecular weight is 230 g/mol. The van der Waals surface area contributed by atoms with Crippen molar-refractivity contribution in [1.29, 1.82) is 0 Å². The molecule has 0 aromatic rings. The first-order chi connectivity index (χ1) is 6.20. The van der Waals surface area contributed by atoms with E-state index >= 15 is 0 Å². The third-order valence-electron chi connectivity index (χ3n) is 2.60. The predicted molar refractivity (Wildman–Crippen MR) is 46.8 cm³/mol. The van der Waals surface area contributed by atoms with Crippen LogP contribution in [0.5, 0.6) is 0 Å². The molecule has 0 rings (SSSR count). The van der Waals surface area contributed by atoms with Gasteiger partial charge in [0.2, 0.25) is 0 Å². The number of carboxylic acids is 2. The summed E-state index contributed by atoms with van der Waals surface area (Å²) in [6, 6.07) is 0. The van der Waals surface area contributed by atoms with Crippen LogP contribution in [0.25, 0.3) is 0 Å². The maximum absolute atomic E-state index is 11.0. The van der Waals surface area contributed by atoms with E-state index in [0.29, 0.717) is 6.42 Å². The summed E-state index contributed by atoms with van der Waals surface area (Å²) in [6.07, 6.45) is 0.487. The topological polar surface area (TPSA) is 80.3 Å². The molecule has 0 saturated heterocycles. The zero-order valence-corrected chi connectivity index (χ0v) is 13.0. The number of rotatable bonds is 4. The number of aliphatic carboxylic acids is 2. The van der Waals surface area contributed by atoms with Crippen LogP contribution in [0.4, 0.5) is 0 Å². The molecule has 0 aromatic heterocycles. The van der Waals surface area contributed by atoms with Gasteiger partial charge in [0.15, 0.2) is 0 Å². The molecule has 0 aliphatic rings. The summed E-state index contributed by atoms with van der Waals surface area (Å²) < 4.78 is 0. The van der Waals surface area contributed by atoms with Gasteiger partial charge in [-0.05, 0) is 11.8 Å². The van der Waals surface area contributed by atoms with Gasteiger partial charge in [-0.1, -0.05) is 34.1 Å². The van der Waals surface area contributed by atoms with E-state index in [9.17, 15) is 19.8 Å². The van der Waals surface area contributed by atoms with Gasteiger partial charge in [-0.3, -0.25) is 0 Å². The summed E-state index contributed by atoms with van der Waals surface area (Å²) in [5.74, 6) is -3.13. The fourth-order valence-corrected chi connectivity index (χ4v) is 1.65. The molecule has 0 aromatic carbocycles. The summed E-state index contributed by atoms with van der Waals surface area (Å²) in [7, 11) is 0. The molecular formula is C10H16LiNaO4. The second-order valence-electron chi connectivity index (χ2n) is 4.48. The molecule has 0 atom stereocenters. The third kappa shape index (κ3) is 4.09. The summed E-state index contributed by atoms with van der Waals surface area (Å²) in [5, 5.41) is 21.9. The van der Waals surface area contributed by atoms with Crippen LogP contribution in [0.15, 0.2) is 0 Å². The largest absolute Gasteiger partial charge is 1.00 e. The Hall–Kier alpha value is 0.537. The molecule has 16 heavy (non-hydrogen) atoms. The number of carbonyl (C=O) groups excluding carboxylic acids is 2. The SMILES string of the molecule is CCCC(C(=O)[O-])(C(=O)[O-])C(C)(C)C.[Li+].[Na+]. The Morgan fingerprint density at radius 1 is 1.06 bits per heavy atom. The molecule has 0 heterocycles. The predicted octanol–water partition coefficient (Wildman–Crippen LogP) is -6.67. The fourth-order valence-electron chi connectivity index (χ4n) is 1.65. The quantitative estimate of drug-likeness (QED) is 0.355. The number of carbonyl (C=O) groups is 2. The van der Waals surface area contributed by atoms with E-state index in [4.69, 9.17) is 0 Å². The molecule has 0 aliphatic heterocycles. The summed E-state index contributed by atoms with van der Waals surface area (Å²) in [5.41, 5.74) is -2.82. The zero-order chi connectivity index (χ0) is 11.6. The number of hydrogen-bond donors (Lipinski definition) is 0. The van der Waals surface area contributed by atoms with E-state index in [1.165, 1.54) is 0 Å². The van der Waals surface area contributed by atoms with Crippen molar-refractivity contribution in [1.82, 2.24) is 0 Å². The summed E-state index contributed by atoms with van der Waals surface area (Å²) >= 11 is 0. The van der Waals surface area contributed by atoms with E-state index in [-0.39, 0.29) is 54.8 Å². The minimum atomic E-state index is -1.90. The molecule has 0 bridgehead atoms. The van der Waals surface area contributed by atoms with Crippen molar-refractivity contribution in [3.8, 4) is 0 Å². The maximum atomic E-state index is 11.0. The van der Waals surface area contributed by atoms with E-state index in [1.54, 1.807) is 27.7 Å². The first-order valence-corrected chi connectivity index (χ1v) is 4.63. The van der Waals surface area contributed by atoms with Gasteiger partial charge in [0, 0.05) is 0 Å². The molecule has 6 heteroatoms. The van der Waals surface area contributed by atoms with Crippen LogP contribution < -0.4 is 58.6 Å². The smallest absolute Gasteiger partial charge is 0.549 e. The van der Waals surface area contributed by atoms with Gasteiger partial charge >= 0.3 is 48.4 Å². The van der Waals surface area contributed by atoms with E-state index in [1.807, 2.05) is 0 Å². The number of carboxylic acid groups (broad SMARTS) is 2. The van der Waals surface area contributed by atoms with Crippen molar-refractivity contribution < 1.29 is 68.2 Å².